The highest BCUT2D eigenvalue weighted by atomic mass is 14.7. The first-order valence-corrected chi connectivity index (χ1v) is 8.32. The Morgan fingerprint density at radius 1 is 0.778 bits per heavy atom. The summed E-state index contributed by atoms with van der Waals surface area (Å²) in [4.78, 5) is 0. The minimum absolute atomic E-state index is 0.152. The van der Waals surface area contributed by atoms with Crippen LogP contribution in [-0.2, 0) is 0 Å². The molecule has 0 aromatic heterocycles. The zero-order chi connectivity index (χ0) is 13.5. The van der Waals surface area contributed by atoms with Crippen LogP contribution in [0.5, 0.6) is 0 Å². The van der Waals surface area contributed by atoms with Crippen molar-refractivity contribution in [2.45, 2.75) is 103 Å². The SMILES string of the molecule is CCCC1(C)CCCCCC(N)(CCC)CCC1. The van der Waals surface area contributed by atoms with E-state index in [4.69, 9.17) is 5.73 Å². The Bertz CT molecular complexity index is 204. The Morgan fingerprint density at radius 3 is 2.00 bits per heavy atom. The third kappa shape index (κ3) is 5.30. The van der Waals surface area contributed by atoms with Gasteiger partial charge in [-0.15, -0.1) is 0 Å². The monoisotopic (exact) mass is 253 g/mol. The Labute approximate surface area is 115 Å². The van der Waals surface area contributed by atoms with Crippen LogP contribution in [0.2, 0.25) is 0 Å². The molecule has 2 unspecified atom stereocenters. The molecule has 2 atom stereocenters. The molecule has 1 aliphatic rings. The third-order valence-corrected chi connectivity index (χ3v) is 5.01. The van der Waals surface area contributed by atoms with E-state index in [-0.39, 0.29) is 5.54 Å². The molecule has 0 aromatic carbocycles. The summed E-state index contributed by atoms with van der Waals surface area (Å²) in [6.07, 6.45) is 16.0. The molecule has 0 aliphatic heterocycles. The first-order valence-electron chi connectivity index (χ1n) is 8.32. The lowest BCUT2D eigenvalue weighted by Crippen LogP contribution is -2.40. The summed E-state index contributed by atoms with van der Waals surface area (Å²) < 4.78 is 0. The van der Waals surface area contributed by atoms with E-state index in [9.17, 15) is 0 Å². The number of hydrogen-bond donors (Lipinski definition) is 1. The van der Waals surface area contributed by atoms with Gasteiger partial charge in [-0.05, 0) is 43.9 Å². The number of hydrogen-bond acceptors (Lipinski definition) is 1. The van der Waals surface area contributed by atoms with Crippen molar-refractivity contribution < 1.29 is 0 Å². The standard InChI is InChI=1S/C17H35N/c1-4-10-16(3)12-7-6-8-14-17(18,11-5-2)15-9-13-16/h4-15,18H2,1-3H3. The lowest BCUT2D eigenvalue weighted by molar-refractivity contribution is 0.201. The van der Waals surface area contributed by atoms with Gasteiger partial charge in [-0.1, -0.05) is 59.3 Å². The zero-order valence-electron chi connectivity index (χ0n) is 13.1. The average molecular weight is 253 g/mol. The molecule has 0 amide bonds. The molecule has 0 bridgehead atoms. The molecule has 108 valence electrons. The predicted octanol–water partition coefficient (Wildman–Crippen LogP) is 5.42. The highest BCUT2D eigenvalue weighted by Crippen LogP contribution is 2.38. The van der Waals surface area contributed by atoms with Crippen LogP contribution in [0.3, 0.4) is 0 Å². The molecule has 0 heterocycles. The van der Waals surface area contributed by atoms with Gasteiger partial charge >= 0.3 is 0 Å². The van der Waals surface area contributed by atoms with Crippen LogP contribution in [0.4, 0.5) is 0 Å². The molecular weight excluding hydrogens is 218 g/mol. The maximum Gasteiger partial charge on any atom is 0.0154 e. The van der Waals surface area contributed by atoms with Crippen molar-refractivity contribution in [3.8, 4) is 0 Å². The molecule has 0 spiro atoms. The van der Waals surface area contributed by atoms with E-state index < -0.39 is 0 Å². The van der Waals surface area contributed by atoms with Crippen LogP contribution < -0.4 is 5.73 Å². The van der Waals surface area contributed by atoms with Gasteiger partial charge in [-0.25, -0.2) is 0 Å². The van der Waals surface area contributed by atoms with Crippen LogP contribution in [0, 0.1) is 5.41 Å². The van der Waals surface area contributed by atoms with Gasteiger partial charge in [0.1, 0.15) is 0 Å². The maximum atomic E-state index is 6.62. The fraction of sp³-hybridized carbons (Fsp3) is 1.00. The first-order chi connectivity index (χ1) is 8.54. The fourth-order valence-corrected chi connectivity index (χ4v) is 3.92. The summed E-state index contributed by atoms with van der Waals surface area (Å²) in [7, 11) is 0. The average Bonchev–Trinajstić information content (AvgIpc) is 2.29. The zero-order valence-corrected chi connectivity index (χ0v) is 13.1. The lowest BCUT2D eigenvalue weighted by Gasteiger charge is -2.35. The summed E-state index contributed by atoms with van der Waals surface area (Å²) >= 11 is 0. The second kappa shape index (κ2) is 7.53. The highest BCUT2D eigenvalue weighted by molar-refractivity contribution is 4.86. The molecule has 0 radical (unpaired) electrons. The minimum atomic E-state index is 0.152. The summed E-state index contributed by atoms with van der Waals surface area (Å²) in [5, 5.41) is 0. The van der Waals surface area contributed by atoms with Crippen LogP contribution in [0.25, 0.3) is 0 Å². The van der Waals surface area contributed by atoms with Gasteiger partial charge in [-0.3, -0.25) is 0 Å². The summed E-state index contributed by atoms with van der Waals surface area (Å²) in [5.41, 5.74) is 7.37. The molecule has 18 heavy (non-hydrogen) atoms. The summed E-state index contributed by atoms with van der Waals surface area (Å²) in [6, 6.07) is 0. The van der Waals surface area contributed by atoms with Crippen LogP contribution in [0.15, 0.2) is 0 Å². The molecule has 0 aromatic rings. The van der Waals surface area contributed by atoms with E-state index >= 15 is 0 Å². The normalized spacial score (nSPS) is 35.3. The number of nitrogens with two attached hydrogens (primary N) is 1. The van der Waals surface area contributed by atoms with Gasteiger partial charge < -0.3 is 5.73 Å². The van der Waals surface area contributed by atoms with Crippen molar-refractivity contribution in [3.05, 3.63) is 0 Å². The second-order valence-electron chi connectivity index (χ2n) is 7.09. The van der Waals surface area contributed by atoms with E-state index in [0.29, 0.717) is 5.41 Å². The Morgan fingerprint density at radius 2 is 1.33 bits per heavy atom. The van der Waals surface area contributed by atoms with E-state index in [1.54, 1.807) is 0 Å². The van der Waals surface area contributed by atoms with Gasteiger partial charge in [0.2, 0.25) is 0 Å². The Kier molecular flexibility index (Phi) is 6.70. The van der Waals surface area contributed by atoms with Gasteiger partial charge in [0.15, 0.2) is 0 Å². The summed E-state index contributed by atoms with van der Waals surface area (Å²) in [6.45, 7) is 7.11. The van der Waals surface area contributed by atoms with Crippen molar-refractivity contribution in [1.82, 2.24) is 0 Å². The van der Waals surface area contributed by atoms with Crippen molar-refractivity contribution in [2.24, 2.45) is 11.1 Å². The topological polar surface area (TPSA) is 26.0 Å². The van der Waals surface area contributed by atoms with Crippen molar-refractivity contribution in [3.63, 3.8) is 0 Å². The van der Waals surface area contributed by atoms with Crippen LogP contribution in [0.1, 0.15) is 97.8 Å². The molecule has 1 aliphatic carbocycles. The molecule has 1 nitrogen and oxygen atoms in total. The largest absolute Gasteiger partial charge is 0.325 e. The molecule has 1 heteroatoms. The van der Waals surface area contributed by atoms with Crippen LogP contribution in [-0.4, -0.2) is 5.54 Å². The lowest BCUT2D eigenvalue weighted by atomic mass is 9.73. The predicted molar refractivity (Wildman–Crippen MR) is 81.8 cm³/mol. The molecule has 1 rings (SSSR count). The highest BCUT2D eigenvalue weighted by Gasteiger charge is 2.28. The minimum Gasteiger partial charge on any atom is -0.325 e. The van der Waals surface area contributed by atoms with E-state index in [1.165, 1.54) is 77.0 Å². The Hall–Kier alpha value is -0.0400. The molecule has 1 saturated carbocycles. The molecule has 0 saturated heterocycles. The summed E-state index contributed by atoms with van der Waals surface area (Å²) in [5.74, 6) is 0. The quantitative estimate of drug-likeness (QED) is 0.711. The van der Waals surface area contributed by atoms with Crippen molar-refractivity contribution in [1.29, 1.82) is 0 Å². The van der Waals surface area contributed by atoms with Gasteiger partial charge in [0, 0.05) is 5.54 Å². The smallest absolute Gasteiger partial charge is 0.0154 e. The van der Waals surface area contributed by atoms with Crippen molar-refractivity contribution >= 4 is 0 Å². The molecule has 2 N–H and O–H groups in total. The second-order valence-corrected chi connectivity index (χ2v) is 7.09. The van der Waals surface area contributed by atoms with Crippen molar-refractivity contribution in [2.75, 3.05) is 0 Å². The van der Waals surface area contributed by atoms with Gasteiger partial charge in [-0.2, -0.15) is 0 Å². The third-order valence-electron chi connectivity index (χ3n) is 5.01. The first kappa shape index (κ1) is 16.0. The molecule has 1 fully saturated rings. The maximum absolute atomic E-state index is 6.62. The van der Waals surface area contributed by atoms with E-state index in [0.717, 1.165) is 0 Å². The number of rotatable bonds is 4. The molecular formula is C17H35N. The fourth-order valence-electron chi connectivity index (χ4n) is 3.92. The van der Waals surface area contributed by atoms with Crippen LogP contribution >= 0.6 is 0 Å². The Balaban J connectivity index is 2.56. The van der Waals surface area contributed by atoms with Gasteiger partial charge in [0.25, 0.3) is 0 Å². The van der Waals surface area contributed by atoms with Gasteiger partial charge in [0.05, 0.1) is 0 Å². The van der Waals surface area contributed by atoms with E-state index in [1.807, 2.05) is 0 Å². The van der Waals surface area contributed by atoms with E-state index in [2.05, 4.69) is 20.8 Å².